The van der Waals surface area contributed by atoms with Gasteiger partial charge >= 0.3 is 0 Å². The molecule has 7 heteroatoms. The summed E-state index contributed by atoms with van der Waals surface area (Å²) in [5.74, 6) is -0.929. The van der Waals surface area contributed by atoms with Gasteiger partial charge in [0.15, 0.2) is 0 Å². The average Bonchev–Trinajstić information content (AvgIpc) is 2.65. The first-order valence-corrected chi connectivity index (χ1v) is 10.00. The highest BCUT2D eigenvalue weighted by atomic mass is 32.2. The Hall–Kier alpha value is -2.25. The van der Waals surface area contributed by atoms with Crippen LogP contribution in [-0.2, 0) is 10.0 Å². The Balaban J connectivity index is 1.84. The Morgan fingerprint density at radius 2 is 1.81 bits per heavy atom. The minimum atomic E-state index is -3.61. The number of halogens is 1. The highest BCUT2D eigenvalue weighted by Crippen LogP contribution is 2.22. The second-order valence-corrected chi connectivity index (χ2v) is 8.34. The number of piperidine rings is 1. The van der Waals surface area contributed by atoms with Crippen molar-refractivity contribution in [1.82, 2.24) is 4.31 Å². The van der Waals surface area contributed by atoms with Gasteiger partial charge in [0.2, 0.25) is 10.0 Å². The summed E-state index contributed by atoms with van der Waals surface area (Å²) in [7, 11) is -3.61. The summed E-state index contributed by atoms with van der Waals surface area (Å²) >= 11 is 0. The summed E-state index contributed by atoms with van der Waals surface area (Å²) in [6.45, 7) is 2.76. The van der Waals surface area contributed by atoms with E-state index in [0.29, 0.717) is 18.8 Å². The third kappa shape index (κ3) is 3.94. The third-order valence-electron chi connectivity index (χ3n) is 4.50. The number of hydrogen-bond donors (Lipinski definition) is 1. The fourth-order valence-electron chi connectivity index (χ4n) is 2.98. The van der Waals surface area contributed by atoms with Gasteiger partial charge in [-0.3, -0.25) is 4.79 Å². The van der Waals surface area contributed by atoms with Gasteiger partial charge < -0.3 is 5.32 Å². The summed E-state index contributed by atoms with van der Waals surface area (Å²) in [4.78, 5) is 12.6. The summed E-state index contributed by atoms with van der Waals surface area (Å²) in [5, 5.41) is 2.64. The maximum absolute atomic E-state index is 13.4. The minimum Gasteiger partial charge on any atom is -0.322 e. The van der Waals surface area contributed by atoms with Gasteiger partial charge in [0.05, 0.1) is 4.90 Å². The van der Waals surface area contributed by atoms with Gasteiger partial charge in [0, 0.05) is 24.3 Å². The van der Waals surface area contributed by atoms with Crippen LogP contribution in [0.1, 0.15) is 35.2 Å². The third-order valence-corrected chi connectivity index (χ3v) is 6.39. The molecule has 0 saturated carbocycles. The lowest BCUT2D eigenvalue weighted by Crippen LogP contribution is -2.35. The fourth-order valence-corrected chi connectivity index (χ4v) is 4.54. The second-order valence-electron chi connectivity index (χ2n) is 6.41. The highest BCUT2D eigenvalue weighted by molar-refractivity contribution is 7.89. The Bertz CT molecular complexity index is 922. The van der Waals surface area contributed by atoms with E-state index in [1.807, 2.05) is 0 Å². The molecule has 2 aromatic rings. The number of carbonyl (C=O) groups is 1. The molecule has 138 valence electrons. The van der Waals surface area contributed by atoms with E-state index in [-0.39, 0.29) is 10.5 Å². The fraction of sp³-hybridized carbons (Fsp3) is 0.316. The van der Waals surface area contributed by atoms with Crippen LogP contribution in [0.4, 0.5) is 10.1 Å². The lowest BCUT2D eigenvalue weighted by molar-refractivity contribution is 0.102. The number of rotatable bonds is 4. The molecular weight excluding hydrogens is 355 g/mol. The largest absolute Gasteiger partial charge is 0.322 e. The molecule has 0 bridgehead atoms. The van der Waals surface area contributed by atoms with Crippen LogP contribution in [0.2, 0.25) is 0 Å². The normalized spacial score (nSPS) is 15.6. The quantitative estimate of drug-likeness (QED) is 0.887. The van der Waals surface area contributed by atoms with E-state index in [2.05, 4.69) is 5.32 Å². The zero-order valence-electron chi connectivity index (χ0n) is 14.5. The summed E-state index contributed by atoms with van der Waals surface area (Å²) in [6.07, 6.45) is 2.72. The number of nitrogens with one attached hydrogen (secondary N) is 1. The second kappa shape index (κ2) is 7.55. The molecule has 1 aliphatic heterocycles. The molecule has 1 fully saturated rings. The molecule has 0 radical (unpaired) electrons. The van der Waals surface area contributed by atoms with Crippen LogP contribution in [-0.4, -0.2) is 31.7 Å². The van der Waals surface area contributed by atoms with E-state index < -0.39 is 21.7 Å². The maximum Gasteiger partial charge on any atom is 0.255 e. The molecule has 0 spiro atoms. The monoisotopic (exact) mass is 376 g/mol. The van der Waals surface area contributed by atoms with Crippen LogP contribution in [0.3, 0.4) is 0 Å². The molecule has 1 amide bonds. The van der Waals surface area contributed by atoms with Gasteiger partial charge in [-0.15, -0.1) is 0 Å². The first kappa shape index (κ1) is 18.5. The van der Waals surface area contributed by atoms with Crippen LogP contribution in [0.25, 0.3) is 0 Å². The van der Waals surface area contributed by atoms with Gasteiger partial charge in [-0.2, -0.15) is 4.31 Å². The van der Waals surface area contributed by atoms with Crippen LogP contribution < -0.4 is 5.32 Å². The van der Waals surface area contributed by atoms with Crippen molar-refractivity contribution in [3.05, 3.63) is 59.4 Å². The molecule has 2 aromatic carbocycles. The Morgan fingerprint density at radius 3 is 2.54 bits per heavy atom. The van der Waals surface area contributed by atoms with Gasteiger partial charge in [-0.05, 0) is 55.7 Å². The first-order valence-electron chi connectivity index (χ1n) is 8.55. The zero-order valence-corrected chi connectivity index (χ0v) is 15.4. The summed E-state index contributed by atoms with van der Waals surface area (Å²) in [6, 6.07) is 10.1. The molecule has 5 nitrogen and oxygen atoms in total. The van der Waals surface area contributed by atoms with Crippen LogP contribution in [0, 0.1) is 12.7 Å². The SMILES string of the molecule is Cc1ccc(F)cc1NC(=O)c1cccc(S(=O)(=O)N2CCCCC2)c1. The molecule has 26 heavy (non-hydrogen) atoms. The lowest BCUT2D eigenvalue weighted by atomic mass is 10.1. The standard InChI is InChI=1S/C19H21FN2O3S/c1-14-8-9-16(20)13-18(14)21-19(23)15-6-5-7-17(12-15)26(24,25)22-10-3-2-4-11-22/h5-9,12-13H,2-4,10-11H2,1H3,(H,21,23). The topological polar surface area (TPSA) is 66.5 Å². The van der Waals surface area contributed by atoms with E-state index in [1.54, 1.807) is 25.1 Å². The number of sulfonamides is 1. The number of amides is 1. The molecule has 1 aliphatic rings. The van der Waals surface area contributed by atoms with Gasteiger partial charge in [0.1, 0.15) is 5.82 Å². The number of hydrogen-bond acceptors (Lipinski definition) is 3. The van der Waals surface area contributed by atoms with E-state index in [4.69, 9.17) is 0 Å². The number of carbonyl (C=O) groups excluding carboxylic acids is 1. The van der Waals surface area contributed by atoms with Gasteiger partial charge in [0.25, 0.3) is 5.91 Å². The van der Waals surface area contributed by atoms with Gasteiger partial charge in [-0.1, -0.05) is 18.6 Å². The van der Waals surface area contributed by atoms with Crippen LogP contribution in [0.5, 0.6) is 0 Å². The molecule has 0 aromatic heterocycles. The van der Waals surface area contributed by atoms with E-state index in [0.717, 1.165) is 24.8 Å². The predicted octanol–water partition coefficient (Wildman–Crippen LogP) is 3.56. The summed E-state index contributed by atoms with van der Waals surface area (Å²) in [5.41, 5.74) is 1.29. The molecule has 0 atom stereocenters. The average molecular weight is 376 g/mol. The Morgan fingerprint density at radius 1 is 1.08 bits per heavy atom. The minimum absolute atomic E-state index is 0.100. The number of anilines is 1. The van der Waals surface area contributed by atoms with E-state index in [1.165, 1.54) is 28.6 Å². The zero-order chi connectivity index (χ0) is 18.7. The Labute approximate surface area is 152 Å². The number of nitrogens with zero attached hydrogens (tertiary/aromatic N) is 1. The molecule has 1 heterocycles. The van der Waals surface area contributed by atoms with E-state index >= 15 is 0 Å². The van der Waals surface area contributed by atoms with Crippen molar-refractivity contribution in [3.63, 3.8) is 0 Å². The number of benzene rings is 2. The molecule has 0 aliphatic carbocycles. The smallest absolute Gasteiger partial charge is 0.255 e. The van der Waals surface area contributed by atoms with Crippen molar-refractivity contribution in [2.75, 3.05) is 18.4 Å². The molecule has 1 N–H and O–H groups in total. The predicted molar refractivity (Wildman–Crippen MR) is 98.1 cm³/mol. The van der Waals surface area contributed by atoms with Crippen molar-refractivity contribution < 1.29 is 17.6 Å². The Kier molecular flexibility index (Phi) is 5.38. The molecular formula is C19H21FN2O3S. The van der Waals surface area contributed by atoms with Crippen molar-refractivity contribution in [2.24, 2.45) is 0 Å². The van der Waals surface area contributed by atoms with Crippen molar-refractivity contribution in [1.29, 1.82) is 0 Å². The van der Waals surface area contributed by atoms with Crippen molar-refractivity contribution >= 4 is 21.6 Å². The number of aryl methyl sites for hydroxylation is 1. The molecule has 3 rings (SSSR count). The molecule has 1 saturated heterocycles. The molecule has 0 unspecified atom stereocenters. The summed E-state index contributed by atoms with van der Waals surface area (Å²) < 4.78 is 40.4. The lowest BCUT2D eigenvalue weighted by Gasteiger charge is -2.26. The van der Waals surface area contributed by atoms with Crippen LogP contribution in [0.15, 0.2) is 47.4 Å². The first-order chi connectivity index (χ1) is 12.4. The highest BCUT2D eigenvalue weighted by Gasteiger charge is 2.26. The van der Waals surface area contributed by atoms with Crippen molar-refractivity contribution in [3.8, 4) is 0 Å². The maximum atomic E-state index is 13.4. The van der Waals surface area contributed by atoms with Gasteiger partial charge in [-0.25, -0.2) is 12.8 Å². The van der Waals surface area contributed by atoms with Crippen molar-refractivity contribution in [2.45, 2.75) is 31.1 Å². The van der Waals surface area contributed by atoms with Crippen LogP contribution >= 0.6 is 0 Å². The van der Waals surface area contributed by atoms with E-state index in [9.17, 15) is 17.6 Å².